The molecule has 0 aliphatic carbocycles. The van der Waals surface area contributed by atoms with Crippen molar-refractivity contribution in [2.45, 2.75) is 18.9 Å². The van der Waals surface area contributed by atoms with E-state index in [1.807, 2.05) is 0 Å². The van der Waals surface area contributed by atoms with Gasteiger partial charge in [-0.25, -0.2) is 0 Å². The molecule has 4 nitrogen and oxygen atoms in total. The van der Waals surface area contributed by atoms with Gasteiger partial charge < -0.3 is 20.6 Å². The topological polar surface area (TPSA) is 72.7 Å². The van der Waals surface area contributed by atoms with Gasteiger partial charge >= 0.3 is 0 Å². The maximum Gasteiger partial charge on any atom is 0.0641 e. The fraction of sp³-hybridized carbons (Fsp3) is 1.00. The molecule has 86 valence electrons. The molecule has 0 spiro atoms. The Balaban J connectivity index is 0.00000169. The Morgan fingerprint density at radius 1 is 1.14 bits per heavy atom. The second-order valence-corrected chi connectivity index (χ2v) is 3.70. The van der Waals surface area contributed by atoms with Gasteiger partial charge in [-0.15, -0.1) is 12.4 Å². The molecule has 1 saturated heterocycles. The highest BCUT2D eigenvalue weighted by atomic mass is 35.5. The summed E-state index contributed by atoms with van der Waals surface area (Å²) in [5, 5.41) is 30.8. The monoisotopic (exact) mass is 225 g/mol. The summed E-state index contributed by atoms with van der Waals surface area (Å²) in [5.41, 5.74) is 0. The van der Waals surface area contributed by atoms with Crippen LogP contribution in [0.4, 0.5) is 0 Å². The van der Waals surface area contributed by atoms with Crippen molar-refractivity contribution < 1.29 is 15.3 Å². The predicted molar refractivity (Wildman–Crippen MR) is 56.5 cm³/mol. The van der Waals surface area contributed by atoms with Crippen LogP contribution in [-0.2, 0) is 0 Å². The molecule has 1 rings (SSSR count). The molecule has 5 heteroatoms. The standard InChI is InChI=1S/C9H19NO3.ClH/c11-5-8(6-12)9(13)7-1-3-10-4-2-7;/h7-13H,1-6H2;1H. The summed E-state index contributed by atoms with van der Waals surface area (Å²) in [6, 6.07) is 0. The van der Waals surface area contributed by atoms with Crippen LogP contribution in [-0.4, -0.2) is 47.7 Å². The zero-order valence-electron chi connectivity index (χ0n) is 8.22. The van der Waals surface area contributed by atoms with E-state index in [0.29, 0.717) is 0 Å². The second-order valence-electron chi connectivity index (χ2n) is 3.70. The number of aliphatic hydroxyl groups excluding tert-OH is 3. The highest BCUT2D eigenvalue weighted by Crippen LogP contribution is 2.21. The summed E-state index contributed by atoms with van der Waals surface area (Å²) in [5.74, 6) is -0.145. The Hall–Kier alpha value is 0.130. The Kier molecular flexibility index (Phi) is 7.49. The number of rotatable bonds is 4. The van der Waals surface area contributed by atoms with Crippen molar-refractivity contribution in [1.29, 1.82) is 0 Å². The largest absolute Gasteiger partial charge is 0.396 e. The molecule has 14 heavy (non-hydrogen) atoms. The van der Waals surface area contributed by atoms with Crippen molar-refractivity contribution >= 4 is 12.4 Å². The maximum absolute atomic E-state index is 9.79. The van der Waals surface area contributed by atoms with Crippen LogP contribution in [0.3, 0.4) is 0 Å². The molecule has 1 aliphatic heterocycles. The first kappa shape index (κ1) is 14.1. The molecule has 4 N–H and O–H groups in total. The molecule has 0 saturated carbocycles. The summed E-state index contributed by atoms with van der Waals surface area (Å²) < 4.78 is 0. The van der Waals surface area contributed by atoms with Crippen LogP contribution in [0.1, 0.15) is 12.8 Å². The second kappa shape index (κ2) is 7.43. The van der Waals surface area contributed by atoms with Gasteiger partial charge in [0.05, 0.1) is 19.3 Å². The summed E-state index contributed by atoms with van der Waals surface area (Å²) in [6.07, 6.45) is 1.30. The molecule has 1 heterocycles. The van der Waals surface area contributed by atoms with E-state index in [-0.39, 0.29) is 37.5 Å². The van der Waals surface area contributed by atoms with Crippen LogP contribution in [0.2, 0.25) is 0 Å². The zero-order chi connectivity index (χ0) is 9.68. The molecule has 0 aromatic rings. The predicted octanol–water partition coefficient (Wildman–Crippen LogP) is -0.631. The third-order valence-electron chi connectivity index (χ3n) is 2.82. The minimum absolute atomic E-state index is 0. The molecule has 0 bridgehead atoms. The molecule has 1 atom stereocenters. The third kappa shape index (κ3) is 3.71. The third-order valence-corrected chi connectivity index (χ3v) is 2.82. The van der Waals surface area contributed by atoms with Gasteiger partial charge in [-0.1, -0.05) is 0 Å². The summed E-state index contributed by atoms with van der Waals surface area (Å²) in [6.45, 7) is 1.57. The fourth-order valence-electron chi connectivity index (χ4n) is 1.84. The van der Waals surface area contributed by atoms with Gasteiger partial charge in [0.15, 0.2) is 0 Å². The van der Waals surface area contributed by atoms with Gasteiger partial charge in [0, 0.05) is 5.92 Å². The van der Waals surface area contributed by atoms with E-state index in [9.17, 15) is 5.11 Å². The van der Waals surface area contributed by atoms with Gasteiger partial charge in [0.1, 0.15) is 0 Å². The van der Waals surface area contributed by atoms with Crippen LogP contribution >= 0.6 is 12.4 Å². The molecular formula is C9H20ClNO3. The zero-order valence-corrected chi connectivity index (χ0v) is 9.04. The molecule has 1 aliphatic rings. The lowest BCUT2D eigenvalue weighted by Crippen LogP contribution is -2.40. The first-order valence-electron chi connectivity index (χ1n) is 4.90. The Labute approximate surface area is 90.7 Å². The lowest BCUT2D eigenvalue weighted by atomic mass is 9.85. The van der Waals surface area contributed by atoms with E-state index in [1.54, 1.807) is 0 Å². The highest BCUT2D eigenvalue weighted by molar-refractivity contribution is 5.85. The summed E-state index contributed by atoms with van der Waals surface area (Å²) >= 11 is 0. The fourth-order valence-corrected chi connectivity index (χ4v) is 1.84. The Morgan fingerprint density at radius 2 is 1.64 bits per heavy atom. The van der Waals surface area contributed by atoms with E-state index in [4.69, 9.17) is 10.2 Å². The SMILES string of the molecule is Cl.OCC(CO)C(O)C1CCNCC1. The van der Waals surface area contributed by atoms with E-state index < -0.39 is 6.10 Å². The van der Waals surface area contributed by atoms with Crippen molar-refractivity contribution in [2.75, 3.05) is 26.3 Å². The number of nitrogens with one attached hydrogen (secondary N) is 1. The lowest BCUT2D eigenvalue weighted by molar-refractivity contribution is -0.0119. The molecule has 0 radical (unpaired) electrons. The molecule has 1 fully saturated rings. The number of halogens is 1. The van der Waals surface area contributed by atoms with Crippen molar-refractivity contribution in [3.05, 3.63) is 0 Å². The number of hydrogen-bond donors (Lipinski definition) is 4. The van der Waals surface area contributed by atoms with Crippen molar-refractivity contribution in [1.82, 2.24) is 5.32 Å². The van der Waals surface area contributed by atoms with E-state index in [0.717, 1.165) is 25.9 Å². The van der Waals surface area contributed by atoms with E-state index >= 15 is 0 Å². The molecular weight excluding hydrogens is 206 g/mol. The maximum atomic E-state index is 9.79. The van der Waals surface area contributed by atoms with Gasteiger partial charge in [-0.2, -0.15) is 0 Å². The summed E-state index contributed by atoms with van der Waals surface area (Å²) in [4.78, 5) is 0. The van der Waals surface area contributed by atoms with Crippen molar-refractivity contribution in [2.24, 2.45) is 11.8 Å². The van der Waals surface area contributed by atoms with Crippen LogP contribution in [0.25, 0.3) is 0 Å². The smallest absolute Gasteiger partial charge is 0.0641 e. The minimum atomic E-state index is -0.558. The minimum Gasteiger partial charge on any atom is -0.396 e. The van der Waals surface area contributed by atoms with Gasteiger partial charge in [0.25, 0.3) is 0 Å². The normalized spacial score (nSPS) is 20.6. The Morgan fingerprint density at radius 3 is 2.07 bits per heavy atom. The summed E-state index contributed by atoms with van der Waals surface area (Å²) in [7, 11) is 0. The number of aliphatic hydroxyl groups is 3. The van der Waals surface area contributed by atoms with Crippen LogP contribution in [0.15, 0.2) is 0 Å². The first-order valence-corrected chi connectivity index (χ1v) is 4.90. The molecule has 0 aromatic carbocycles. The van der Waals surface area contributed by atoms with Gasteiger partial charge in [-0.3, -0.25) is 0 Å². The van der Waals surface area contributed by atoms with Crippen molar-refractivity contribution in [3.63, 3.8) is 0 Å². The van der Waals surface area contributed by atoms with Gasteiger partial charge in [0.2, 0.25) is 0 Å². The van der Waals surface area contributed by atoms with Crippen molar-refractivity contribution in [3.8, 4) is 0 Å². The first-order chi connectivity index (χ1) is 6.29. The highest BCUT2D eigenvalue weighted by Gasteiger charge is 2.27. The Bertz CT molecular complexity index is 138. The molecule has 0 amide bonds. The average molecular weight is 226 g/mol. The van der Waals surface area contributed by atoms with Crippen LogP contribution in [0, 0.1) is 11.8 Å². The number of piperidine rings is 1. The van der Waals surface area contributed by atoms with E-state index in [2.05, 4.69) is 5.32 Å². The average Bonchev–Trinajstić information content (AvgIpc) is 2.21. The number of hydrogen-bond acceptors (Lipinski definition) is 4. The lowest BCUT2D eigenvalue weighted by Gasteiger charge is -2.30. The quantitative estimate of drug-likeness (QED) is 0.514. The van der Waals surface area contributed by atoms with E-state index in [1.165, 1.54) is 0 Å². The van der Waals surface area contributed by atoms with Crippen LogP contribution in [0.5, 0.6) is 0 Å². The van der Waals surface area contributed by atoms with Gasteiger partial charge in [-0.05, 0) is 31.8 Å². The molecule has 1 unspecified atom stereocenters. The molecule has 0 aromatic heterocycles. The van der Waals surface area contributed by atoms with Crippen LogP contribution < -0.4 is 5.32 Å².